The van der Waals surface area contributed by atoms with E-state index in [9.17, 15) is 9.59 Å². The van der Waals surface area contributed by atoms with Crippen LogP contribution in [0.5, 0.6) is 0 Å². The standard InChI is InChI=1S/C18H23NO3/c1-14-7-5-6-8-15(14)11-12-19-17(20)13-22-18(21)16-9-3-2-4-10-16/h2-3,5-8,16H,4,9-13H2,1H3,(H,19,20)/t16-/m1/s1. The third kappa shape index (κ3) is 5.02. The van der Waals surface area contributed by atoms with Gasteiger partial charge in [0, 0.05) is 6.54 Å². The SMILES string of the molecule is Cc1ccccc1CCNC(=O)COC(=O)[C@@H]1CC=CCC1. The Balaban J connectivity index is 1.64. The Bertz CT molecular complexity index is 551. The van der Waals surface area contributed by atoms with E-state index in [2.05, 4.69) is 30.4 Å². The second-order valence-electron chi connectivity index (χ2n) is 5.62. The number of aryl methyl sites for hydroxylation is 1. The van der Waals surface area contributed by atoms with E-state index in [-0.39, 0.29) is 24.4 Å². The first-order chi connectivity index (χ1) is 10.7. The highest BCUT2D eigenvalue weighted by molar-refractivity contribution is 5.81. The molecular formula is C18H23NO3. The highest BCUT2D eigenvalue weighted by Gasteiger charge is 2.20. The maximum absolute atomic E-state index is 11.8. The van der Waals surface area contributed by atoms with E-state index in [4.69, 9.17) is 4.74 Å². The van der Waals surface area contributed by atoms with E-state index in [1.54, 1.807) is 0 Å². The van der Waals surface area contributed by atoms with Crippen LogP contribution in [0.1, 0.15) is 30.4 Å². The molecular weight excluding hydrogens is 278 g/mol. The number of nitrogens with one attached hydrogen (secondary N) is 1. The molecule has 4 heteroatoms. The van der Waals surface area contributed by atoms with E-state index in [1.165, 1.54) is 11.1 Å². The molecule has 0 spiro atoms. The minimum Gasteiger partial charge on any atom is -0.455 e. The van der Waals surface area contributed by atoms with Crippen LogP contribution in [0.2, 0.25) is 0 Å². The number of hydrogen-bond donors (Lipinski definition) is 1. The first kappa shape index (κ1) is 16.3. The summed E-state index contributed by atoms with van der Waals surface area (Å²) in [5.74, 6) is -0.601. The lowest BCUT2D eigenvalue weighted by Gasteiger charge is -2.16. The predicted octanol–water partition coefficient (Wildman–Crippen LogP) is 2.55. The van der Waals surface area contributed by atoms with Gasteiger partial charge < -0.3 is 10.1 Å². The highest BCUT2D eigenvalue weighted by atomic mass is 16.5. The lowest BCUT2D eigenvalue weighted by molar-refractivity contribution is -0.152. The van der Waals surface area contributed by atoms with Crippen LogP contribution in [-0.4, -0.2) is 25.0 Å². The zero-order valence-electron chi connectivity index (χ0n) is 13.0. The number of esters is 1. The lowest BCUT2D eigenvalue weighted by Crippen LogP contribution is -2.32. The number of allylic oxidation sites excluding steroid dienone is 2. The molecule has 0 aliphatic heterocycles. The number of ether oxygens (including phenoxy) is 1. The molecule has 4 nitrogen and oxygen atoms in total. The van der Waals surface area contributed by atoms with Gasteiger partial charge in [0.25, 0.3) is 5.91 Å². The zero-order chi connectivity index (χ0) is 15.8. The number of rotatable bonds is 6. The summed E-state index contributed by atoms with van der Waals surface area (Å²) in [7, 11) is 0. The predicted molar refractivity (Wildman–Crippen MR) is 85.3 cm³/mol. The molecule has 0 bridgehead atoms. The fourth-order valence-electron chi connectivity index (χ4n) is 2.54. The van der Waals surface area contributed by atoms with Crippen molar-refractivity contribution < 1.29 is 14.3 Å². The van der Waals surface area contributed by atoms with Gasteiger partial charge in [-0.1, -0.05) is 36.4 Å². The number of amides is 1. The van der Waals surface area contributed by atoms with Crippen LogP contribution < -0.4 is 5.32 Å². The van der Waals surface area contributed by atoms with Gasteiger partial charge in [-0.3, -0.25) is 9.59 Å². The van der Waals surface area contributed by atoms with Crippen molar-refractivity contribution in [3.05, 3.63) is 47.5 Å². The quantitative estimate of drug-likeness (QED) is 0.649. The molecule has 1 aromatic rings. The molecule has 0 saturated carbocycles. The molecule has 2 rings (SSSR count). The van der Waals surface area contributed by atoms with E-state index < -0.39 is 0 Å². The lowest BCUT2D eigenvalue weighted by atomic mass is 9.95. The summed E-state index contributed by atoms with van der Waals surface area (Å²) in [5, 5.41) is 2.79. The molecule has 1 aliphatic carbocycles. The van der Waals surface area contributed by atoms with Crippen molar-refractivity contribution in [2.24, 2.45) is 5.92 Å². The van der Waals surface area contributed by atoms with Crippen LogP contribution in [0.3, 0.4) is 0 Å². The maximum Gasteiger partial charge on any atom is 0.309 e. The van der Waals surface area contributed by atoms with Crippen molar-refractivity contribution in [1.82, 2.24) is 5.32 Å². The molecule has 1 atom stereocenters. The molecule has 0 heterocycles. The van der Waals surface area contributed by atoms with Crippen molar-refractivity contribution in [1.29, 1.82) is 0 Å². The summed E-state index contributed by atoms with van der Waals surface area (Å²) in [6.07, 6.45) is 7.28. The number of carbonyl (C=O) groups is 2. The van der Waals surface area contributed by atoms with Crippen molar-refractivity contribution in [3.8, 4) is 0 Å². The summed E-state index contributed by atoms with van der Waals surface area (Å²) >= 11 is 0. The van der Waals surface area contributed by atoms with Gasteiger partial charge in [-0.15, -0.1) is 0 Å². The number of benzene rings is 1. The highest BCUT2D eigenvalue weighted by Crippen LogP contribution is 2.19. The first-order valence-corrected chi connectivity index (χ1v) is 7.79. The van der Waals surface area contributed by atoms with Gasteiger partial charge in [-0.05, 0) is 43.7 Å². The van der Waals surface area contributed by atoms with Gasteiger partial charge in [-0.25, -0.2) is 0 Å². The summed E-state index contributed by atoms with van der Waals surface area (Å²) in [6, 6.07) is 8.09. The molecule has 0 aromatic heterocycles. The third-order valence-electron chi connectivity index (χ3n) is 3.93. The Kier molecular flexibility index (Phi) is 6.19. The van der Waals surface area contributed by atoms with Gasteiger partial charge in [0.15, 0.2) is 6.61 Å². The van der Waals surface area contributed by atoms with Crippen molar-refractivity contribution >= 4 is 11.9 Å². The Morgan fingerprint density at radius 3 is 2.82 bits per heavy atom. The number of hydrogen-bond acceptors (Lipinski definition) is 3. The normalized spacial score (nSPS) is 17.0. The summed E-state index contributed by atoms with van der Waals surface area (Å²) in [4.78, 5) is 23.5. The summed E-state index contributed by atoms with van der Waals surface area (Å²) in [5.41, 5.74) is 2.43. The van der Waals surface area contributed by atoms with E-state index in [1.807, 2.05) is 18.2 Å². The van der Waals surface area contributed by atoms with E-state index in [0.717, 1.165) is 19.3 Å². The van der Waals surface area contributed by atoms with Crippen LogP contribution in [-0.2, 0) is 20.7 Å². The molecule has 1 N–H and O–H groups in total. The fraction of sp³-hybridized carbons (Fsp3) is 0.444. The molecule has 118 valence electrons. The monoisotopic (exact) mass is 301 g/mol. The second-order valence-corrected chi connectivity index (χ2v) is 5.62. The first-order valence-electron chi connectivity index (χ1n) is 7.79. The average Bonchev–Trinajstić information content (AvgIpc) is 2.55. The molecule has 0 radical (unpaired) electrons. The maximum atomic E-state index is 11.8. The minimum absolute atomic E-state index is 0.0928. The van der Waals surface area contributed by atoms with Crippen molar-refractivity contribution in [2.75, 3.05) is 13.2 Å². The molecule has 1 aromatic carbocycles. The fourth-order valence-corrected chi connectivity index (χ4v) is 2.54. The Morgan fingerprint density at radius 1 is 1.27 bits per heavy atom. The third-order valence-corrected chi connectivity index (χ3v) is 3.93. The van der Waals surface area contributed by atoms with E-state index in [0.29, 0.717) is 13.0 Å². The van der Waals surface area contributed by atoms with Crippen LogP contribution in [0.15, 0.2) is 36.4 Å². The molecule has 22 heavy (non-hydrogen) atoms. The van der Waals surface area contributed by atoms with Gasteiger partial charge in [0.1, 0.15) is 0 Å². The molecule has 0 unspecified atom stereocenters. The van der Waals surface area contributed by atoms with Crippen LogP contribution in [0.4, 0.5) is 0 Å². The van der Waals surface area contributed by atoms with E-state index >= 15 is 0 Å². The Morgan fingerprint density at radius 2 is 2.09 bits per heavy atom. The minimum atomic E-state index is -0.265. The molecule has 0 saturated heterocycles. The van der Waals surface area contributed by atoms with Crippen LogP contribution in [0, 0.1) is 12.8 Å². The second kappa shape index (κ2) is 8.37. The van der Waals surface area contributed by atoms with Crippen LogP contribution >= 0.6 is 0 Å². The van der Waals surface area contributed by atoms with Gasteiger partial charge in [0.2, 0.25) is 0 Å². The summed E-state index contributed by atoms with van der Waals surface area (Å²) in [6.45, 7) is 2.41. The van der Waals surface area contributed by atoms with Crippen molar-refractivity contribution in [3.63, 3.8) is 0 Å². The summed E-state index contributed by atoms with van der Waals surface area (Å²) < 4.78 is 5.08. The topological polar surface area (TPSA) is 55.4 Å². The largest absolute Gasteiger partial charge is 0.455 e. The van der Waals surface area contributed by atoms with Crippen molar-refractivity contribution in [2.45, 2.75) is 32.6 Å². The molecule has 1 amide bonds. The number of carbonyl (C=O) groups excluding carboxylic acids is 2. The Hall–Kier alpha value is -2.10. The Labute approximate surface area is 131 Å². The average molecular weight is 301 g/mol. The van der Waals surface area contributed by atoms with Gasteiger partial charge in [-0.2, -0.15) is 0 Å². The molecule has 0 fully saturated rings. The van der Waals surface area contributed by atoms with Crippen LogP contribution in [0.25, 0.3) is 0 Å². The zero-order valence-corrected chi connectivity index (χ0v) is 13.0. The molecule has 1 aliphatic rings. The smallest absolute Gasteiger partial charge is 0.309 e. The van der Waals surface area contributed by atoms with Gasteiger partial charge in [0.05, 0.1) is 5.92 Å². The van der Waals surface area contributed by atoms with Gasteiger partial charge >= 0.3 is 5.97 Å².